The fourth-order valence-corrected chi connectivity index (χ4v) is 2.31. The maximum absolute atomic E-state index is 11.7. The van der Waals surface area contributed by atoms with Crippen LogP contribution in [0.3, 0.4) is 0 Å². The molecule has 1 aromatic carbocycles. The van der Waals surface area contributed by atoms with Gasteiger partial charge in [-0.15, -0.1) is 0 Å². The number of hydrogen-bond donors (Lipinski definition) is 2. The minimum atomic E-state index is -0.616. The standard InChI is InChI=1S/C15H20N2O3/c18-14(17-12-7-3-1-4-8-12)11-16-15(19)20-13-9-5-2-6-10-13/h2,5-6,9-10,12H,1,3-4,7-8,11H2,(H,16,19)(H,17,18). The lowest BCUT2D eigenvalue weighted by molar-refractivity contribution is -0.121. The highest BCUT2D eigenvalue weighted by Crippen LogP contribution is 2.17. The van der Waals surface area contributed by atoms with Crippen LogP contribution < -0.4 is 15.4 Å². The molecule has 0 atom stereocenters. The van der Waals surface area contributed by atoms with Gasteiger partial charge in [0.15, 0.2) is 0 Å². The molecule has 2 N–H and O–H groups in total. The minimum absolute atomic E-state index is 0.0534. The summed E-state index contributed by atoms with van der Waals surface area (Å²) in [4.78, 5) is 23.2. The van der Waals surface area contributed by atoms with Crippen molar-refractivity contribution in [2.24, 2.45) is 0 Å². The quantitative estimate of drug-likeness (QED) is 0.886. The van der Waals surface area contributed by atoms with E-state index in [0.717, 1.165) is 25.7 Å². The van der Waals surface area contributed by atoms with Crippen LogP contribution in [0.2, 0.25) is 0 Å². The molecule has 2 amide bonds. The van der Waals surface area contributed by atoms with Crippen LogP contribution in [-0.2, 0) is 4.79 Å². The molecule has 1 fully saturated rings. The summed E-state index contributed by atoms with van der Waals surface area (Å²) in [6.07, 6.45) is 5.01. The zero-order valence-electron chi connectivity index (χ0n) is 11.4. The third-order valence-electron chi connectivity index (χ3n) is 3.32. The van der Waals surface area contributed by atoms with E-state index < -0.39 is 6.09 Å². The van der Waals surface area contributed by atoms with Crippen LogP contribution in [0, 0.1) is 0 Å². The first-order valence-corrected chi connectivity index (χ1v) is 7.04. The zero-order chi connectivity index (χ0) is 14.2. The molecule has 1 aromatic rings. The van der Waals surface area contributed by atoms with Gasteiger partial charge in [0.25, 0.3) is 0 Å². The van der Waals surface area contributed by atoms with Gasteiger partial charge < -0.3 is 15.4 Å². The van der Waals surface area contributed by atoms with Gasteiger partial charge in [-0.3, -0.25) is 4.79 Å². The molecule has 108 valence electrons. The number of carbonyl (C=O) groups is 2. The van der Waals surface area contributed by atoms with E-state index in [9.17, 15) is 9.59 Å². The highest BCUT2D eigenvalue weighted by atomic mass is 16.6. The molecule has 0 saturated heterocycles. The second kappa shape index (κ2) is 7.53. The summed E-state index contributed by atoms with van der Waals surface area (Å²) in [7, 11) is 0. The Morgan fingerprint density at radius 1 is 1.10 bits per heavy atom. The molecule has 0 spiro atoms. The molecule has 5 heteroatoms. The Morgan fingerprint density at radius 3 is 2.50 bits per heavy atom. The molecule has 0 radical (unpaired) electrons. The van der Waals surface area contributed by atoms with Crippen molar-refractivity contribution >= 4 is 12.0 Å². The van der Waals surface area contributed by atoms with Gasteiger partial charge in [0.1, 0.15) is 12.3 Å². The summed E-state index contributed by atoms with van der Waals surface area (Å²) in [6, 6.07) is 9.01. The van der Waals surface area contributed by atoms with Crippen molar-refractivity contribution in [2.45, 2.75) is 38.1 Å². The van der Waals surface area contributed by atoms with Crippen LogP contribution in [0.15, 0.2) is 30.3 Å². The molecule has 0 unspecified atom stereocenters. The Hall–Kier alpha value is -2.04. The van der Waals surface area contributed by atoms with E-state index in [1.54, 1.807) is 24.3 Å². The summed E-state index contributed by atoms with van der Waals surface area (Å²) < 4.78 is 5.02. The van der Waals surface area contributed by atoms with E-state index in [1.165, 1.54) is 6.42 Å². The Bertz CT molecular complexity index is 442. The molecule has 2 rings (SSSR count). The molecule has 0 aliphatic heterocycles. The molecule has 1 aliphatic carbocycles. The van der Waals surface area contributed by atoms with Gasteiger partial charge in [-0.25, -0.2) is 4.79 Å². The molecular formula is C15H20N2O3. The topological polar surface area (TPSA) is 67.4 Å². The fraction of sp³-hybridized carbons (Fsp3) is 0.467. The molecule has 0 bridgehead atoms. The monoisotopic (exact) mass is 276 g/mol. The Kier molecular flexibility index (Phi) is 5.41. The van der Waals surface area contributed by atoms with Crippen LogP contribution in [0.1, 0.15) is 32.1 Å². The lowest BCUT2D eigenvalue weighted by Crippen LogP contribution is -2.43. The summed E-state index contributed by atoms with van der Waals surface area (Å²) in [6.45, 7) is -0.0534. The number of rotatable bonds is 4. The van der Waals surface area contributed by atoms with Crippen molar-refractivity contribution in [2.75, 3.05) is 6.54 Å². The van der Waals surface area contributed by atoms with Crippen molar-refractivity contribution in [3.05, 3.63) is 30.3 Å². The number of carbonyl (C=O) groups excluding carboxylic acids is 2. The third kappa shape index (κ3) is 4.91. The third-order valence-corrected chi connectivity index (χ3v) is 3.32. The number of ether oxygens (including phenoxy) is 1. The van der Waals surface area contributed by atoms with Crippen LogP contribution in [0.25, 0.3) is 0 Å². The summed E-state index contributed by atoms with van der Waals surface area (Å²) in [5.41, 5.74) is 0. The van der Waals surface area contributed by atoms with Crippen molar-refractivity contribution in [3.63, 3.8) is 0 Å². The average molecular weight is 276 g/mol. The minimum Gasteiger partial charge on any atom is -0.410 e. The maximum atomic E-state index is 11.7. The van der Waals surface area contributed by atoms with Crippen molar-refractivity contribution in [1.29, 1.82) is 0 Å². The number of benzene rings is 1. The zero-order valence-corrected chi connectivity index (χ0v) is 11.4. The normalized spacial score (nSPS) is 15.4. The largest absolute Gasteiger partial charge is 0.413 e. The first-order chi connectivity index (χ1) is 9.74. The van der Waals surface area contributed by atoms with Crippen LogP contribution in [-0.4, -0.2) is 24.6 Å². The van der Waals surface area contributed by atoms with Gasteiger partial charge in [-0.2, -0.15) is 0 Å². The van der Waals surface area contributed by atoms with Crippen molar-refractivity contribution in [1.82, 2.24) is 10.6 Å². The van der Waals surface area contributed by atoms with Crippen molar-refractivity contribution < 1.29 is 14.3 Å². The second-order valence-corrected chi connectivity index (χ2v) is 4.96. The first-order valence-electron chi connectivity index (χ1n) is 7.04. The summed E-state index contributed by atoms with van der Waals surface area (Å²) in [5, 5.41) is 5.38. The van der Waals surface area contributed by atoms with E-state index in [-0.39, 0.29) is 18.5 Å². The lowest BCUT2D eigenvalue weighted by Gasteiger charge is -2.22. The van der Waals surface area contributed by atoms with E-state index in [2.05, 4.69) is 10.6 Å². The lowest BCUT2D eigenvalue weighted by atomic mass is 9.95. The van der Waals surface area contributed by atoms with Crippen LogP contribution >= 0.6 is 0 Å². The summed E-state index contributed by atoms with van der Waals surface area (Å²) in [5.74, 6) is 0.291. The Balaban J connectivity index is 1.66. The van der Waals surface area contributed by atoms with Gasteiger partial charge in [-0.05, 0) is 25.0 Å². The first kappa shape index (κ1) is 14.4. The van der Waals surface area contributed by atoms with E-state index >= 15 is 0 Å². The molecule has 5 nitrogen and oxygen atoms in total. The van der Waals surface area contributed by atoms with Crippen molar-refractivity contribution in [3.8, 4) is 5.75 Å². The SMILES string of the molecule is O=C(CNC(=O)Oc1ccccc1)NC1CCCCC1. The van der Waals surface area contributed by atoms with E-state index in [1.807, 2.05) is 6.07 Å². The highest BCUT2D eigenvalue weighted by Gasteiger charge is 2.16. The highest BCUT2D eigenvalue weighted by molar-refractivity contribution is 5.82. The second-order valence-electron chi connectivity index (χ2n) is 4.96. The average Bonchev–Trinajstić information content (AvgIpc) is 2.47. The number of para-hydroxylation sites is 1. The van der Waals surface area contributed by atoms with Gasteiger partial charge >= 0.3 is 6.09 Å². The Morgan fingerprint density at radius 2 is 1.80 bits per heavy atom. The van der Waals surface area contributed by atoms with Gasteiger partial charge in [0, 0.05) is 6.04 Å². The van der Waals surface area contributed by atoms with Gasteiger partial charge in [-0.1, -0.05) is 37.5 Å². The van der Waals surface area contributed by atoms with Gasteiger partial charge in [0.2, 0.25) is 5.91 Å². The van der Waals surface area contributed by atoms with E-state index in [0.29, 0.717) is 5.75 Å². The predicted octanol–water partition coefficient (Wildman–Crippen LogP) is 2.22. The van der Waals surface area contributed by atoms with E-state index in [4.69, 9.17) is 4.74 Å². The molecule has 0 heterocycles. The predicted molar refractivity (Wildman–Crippen MR) is 75.5 cm³/mol. The van der Waals surface area contributed by atoms with Crippen LogP contribution in [0.4, 0.5) is 4.79 Å². The van der Waals surface area contributed by atoms with Crippen LogP contribution in [0.5, 0.6) is 5.75 Å². The molecule has 0 aromatic heterocycles. The molecule has 20 heavy (non-hydrogen) atoms. The summed E-state index contributed by atoms with van der Waals surface area (Å²) >= 11 is 0. The Labute approximate surface area is 118 Å². The number of nitrogens with one attached hydrogen (secondary N) is 2. The smallest absolute Gasteiger partial charge is 0.410 e. The molecule has 1 aliphatic rings. The molecule has 1 saturated carbocycles. The number of hydrogen-bond acceptors (Lipinski definition) is 3. The number of amides is 2. The van der Waals surface area contributed by atoms with Gasteiger partial charge in [0.05, 0.1) is 0 Å². The molecular weight excluding hydrogens is 256 g/mol. The fourth-order valence-electron chi connectivity index (χ4n) is 2.31. The maximum Gasteiger partial charge on any atom is 0.413 e.